The third kappa shape index (κ3) is 3.70. The molecule has 0 fully saturated rings. The van der Waals surface area contributed by atoms with E-state index in [0.29, 0.717) is 38.9 Å². The van der Waals surface area contributed by atoms with E-state index in [9.17, 15) is 9.59 Å². The molecule has 27 heavy (non-hydrogen) atoms. The highest BCUT2D eigenvalue weighted by molar-refractivity contribution is 7.17. The van der Waals surface area contributed by atoms with Crippen LogP contribution in [-0.2, 0) is 4.79 Å². The van der Waals surface area contributed by atoms with Crippen LogP contribution in [0, 0.1) is 19.8 Å². The normalized spacial score (nSPS) is 15.8. The number of rotatable bonds is 4. The molecule has 0 spiro atoms. The fourth-order valence-corrected chi connectivity index (χ4v) is 3.71. The van der Waals surface area contributed by atoms with Gasteiger partial charge in [0.25, 0.3) is 5.91 Å². The van der Waals surface area contributed by atoms with E-state index in [1.54, 1.807) is 27.9 Å². The van der Waals surface area contributed by atoms with Crippen LogP contribution in [0.15, 0.2) is 0 Å². The molecule has 3 rings (SSSR count). The quantitative estimate of drug-likeness (QED) is 0.736. The SMILES string of the molecule is Cc1nc(Nc2nc(C)c(C(=O)N(C)C)s2)c2c(n1)NC(C(C)C)C(=O)N2. The Morgan fingerprint density at radius 3 is 2.56 bits per heavy atom. The molecule has 144 valence electrons. The highest BCUT2D eigenvalue weighted by Crippen LogP contribution is 2.35. The predicted octanol–water partition coefficient (Wildman–Crippen LogP) is 2.38. The number of nitrogens with zero attached hydrogens (tertiary/aromatic N) is 4. The highest BCUT2D eigenvalue weighted by atomic mass is 32.1. The number of aryl methyl sites for hydroxylation is 2. The summed E-state index contributed by atoms with van der Waals surface area (Å²) in [5.41, 5.74) is 1.12. The fraction of sp³-hybridized carbons (Fsp3) is 0.471. The van der Waals surface area contributed by atoms with E-state index >= 15 is 0 Å². The lowest BCUT2D eigenvalue weighted by Gasteiger charge is -2.29. The molecule has 1 atom stereocenters. The monoisotopic (exact) mass is 389 g/mol. The first-order chi connectivity index (χ1) is 12.7. The Bertz CT molecular complexity index is 907. The zero-order chi connectivity index (χ0) is 19.9. The summed E-state index contributed by atoms with van der Waals surface area (Å²) in [6.45, 7) is 7.51. The second kappa shape index (κ2) is 7.10. The molecule has 0 radical (unpaired) electrons. The van der Waals surface area contributed by atoms with Crippen molar-refractivity contribution in [2.75, 3.05) is 30.0 Å². The van der Waals surface area contributed by atoms with Crippen LogP contribution in [0.1, 0.15) is 35.0 Å². The molecule has 9 nitrogen and oxygen atoms in total. The Balaban J connectivity index is 1.95. The van der Waals surface area contributed by atoms with Crippen molar-refractivity contribution in [3.05, 3.63) is 16.4 Å². The molecule has 2 aromatic rings. The smallest absolute Gasteiger partial charge is 0.265 e. The van der Waals surface area contributed by atoms with E-state index in [4.69, 9.17) is 0 Å². The van der Waals surface area contributed by atoms with Crippen LogP contribution in [0.4, 0.5) is 22.5 Å². The molecule has 2 aromatic heterocycles. The van der Waals surface area contributed by atoms with Crippen LogP contribution in [0.2, 0.25) is 0 Å². The molecular formula is C17H23N7O2S. The maximum Gasteiger partial charge on any atom is 0.265 e. The number of thiazole rings is 1. The van der Waals surface area contributed by atoms with Gasteiger partial charge >= 0.3 is 0 Å². The van der Waals surface area contributed by atoms with Crippen molar-refractivity contribution in [1.82, 2.24) is 19.9 Å². The Kier molecular flexibility index (Phi) is 5.01. The van der Waals surface area contributed by atoms with E-state index in [2.05, 4.69) is 30.9 Å². The van der Waals surface area contributed by atoms with Crippen molar-refractivity contribution in [3.63, 3.8) is 0 Å². The minimum atomic E-state index is -0.355. The van der Waals surface area contributed by atoms with Crippen LogP contribution in [-0.4, -0.2) is 51.8 Å². The Morgan fingerprint density at radius 1 is 1.22 bits per heavy atom. The average Bonchev–Trinajstić information content (AvgIpc) is 2.94. The molecule has 0 saturated carbocycles. The van der Waals surface area contributed by atoms with Gasteiger partial charge in [0, 0.05) is 14.1 Å². The number of hydrogen-bond donors (Lipinski definition) is 3. The van der Waals surface area contributed by atoms with Gasteiger partial charge in [0.15, 0.2) is 16.8 Å². The van der Waals surface area contributed by atoms with Gasteiger partial charge in [0.1, 0.15) is 22.4 Å². The second-order valence-electron chi connectivity index (χ2n) is 6.96. The summed E-state index contributed by atoms with van der Waals surface area (Å²) in [5.74, 6) is 1.45. The molecule has 1 aliphatic rings. The lowest BCUT2D eigenvalue weighted by molar-refractivity contribution is -0.117. The number of carbonyl (C=O) groups is 2. The summed E-state index contributed by atoms with van der Waals surface area (Å²) >= 11 is 1.25. The highest BCUT2D eigenvalue weighted by Gasteiger charge is 2.31. The molecule has 0 saturated heterocycles. The van der Waals surface area contributed by atoms with E-state index < -0.39 is 0 Å². The Labute approximate surface area is 161 Å². The first-order valence-electron chi connectivity index (χ1n) is 8.59. The molecule has 2 amide bonds. The zero-order valence-electron chi connectivity index (χ0n) is 16.2. The fourth-order valence-electron chi connectivity index (χ4n) is 2.72. The largest absolute Gasteiger partial charge is 0.356 e. The lowest BCUT2D eigenvalue weighted by atomic mass is 10.0. The topological polar surface area (TPSA) is 112 Å². The predicted molar refractivity (Wildman–Crippen MR) is 106 cm³/mol. The maximum atomic E-state index is 12.4. The molecule has 1 unspecified atom stereocenters. The maximum absolute atomic E-state index is 12.4. The molecule has 10 heteroatoms. The number of anilines is 4. The molecule has 0 aromatic carbocycles. The number of amides is 2. The van der Waals surface area contributed by atoms with Gasteiger partial charge in [0.2, 0.25) is 5.91 Å². The minimum Gasteiger partial charge on any atom is -0.356 e. The van der Waals surface area contributed by atoms with E-state index in [1.165, 1.54) is 16.2 Å². The van der Waals surface area contributed by atoms with Crippen molar-refractivity contribution in [3.8, 4) is 0 Å². The number of fused-ring (bicyclic) bond motifs is 1. The van der Waals surface area contributed by atoms with Gasteiger partial charge in [-0.1, -0.05) is 25.2 Å². The molecule has 1 aliphatic heterocycles. The van der Waals surface area contributed by atoms with Crippen LogP contribution in [0.5, 0.6) is 0 Å². The molecular weight excluding hydrogens is 366 g/mol. The van der Waals surface area contributed by atoms with E-state index in [-0.39, 0.29) is 23.8 Å². The standard InChI is InChI=1S/C17H23N7O2S/c1-7(2)10-15(25)22-11-13(21-10)19-9(4)20-14(11)23-17-18-8(3)12(27-17)16(26)24(5)6/h7,10H,1-6H3,(H,22,25)(H2,18,19,20,21,23). The number of aromatic nitrogens is 3. The van der Waals surface area contributed by atoms with Crippen molar-refractivity contribution < 1.29 is 9.59 Å². The molecule has 0 bridgehead atoms. The summed E-state index contributed by atoms with van der Waals surface area (Å²) < 4.78 is 0. The zero-order valence-corrected chi connectivity index (χ0v) is 17.0. The van der Waals surface area contributed by atoms with E-state index in [1.807, 2.05) is 13.8 Å². The first kappa shape index (κ1) is 19.0. The van der Waals surface area contributed by atoms with Crippen molar-refractivity contribution >= 4 is 45.6 Å². The second-order valence-corrected chi connectivity index (χ2v) is 7.96. The van der Waals surface area contributed by atoms with Crippen LogP contribution in [0.3, 0.4) is 0 Å². The minimum absolute atomic E-state index is 0.103. The Hall–Kier alpha value is -2.75. The third-order valence-electron chi connectivity index (χ3n) is 4.13. The van der Waals surface area contributed by atoms with Crippen LogP contribution < -0.4 is 16.0 Å². The molecule has 0 aliphatic carbocycles. The van der Waals surface area contributed by atoms with Gasteiger partial charge in [0.05, 0.1) is 5.69 Å². The van der Waals surface area contributed by atoms with Crippen LogP contribution in [0.25, 0.3) is 0 Å². The summed E-state index contributed by atoms with van der Waals surface area (Å²) in [5, 5.41) is 9.71. The van der Waals surface area contributed by atoms with Crippen molar-refractivity contribution in [1.29, 1.82) is 0 Å². The number of nitrogens with one attached hydrogen (secondary N) is 3. The lowest BCUT2D eigenvalue weighted by Crippen LogP contribution is -2.43. The van der Waals surface area contributed by atoms with Gasteiger partial charge in [-0.15, -0.1) is 0 Å². The number of hydrogen-bond acceptors (Lipinski definition) is 8. The first-order valence-corrected chi connectivity index (χ1v) is 9.41. The number of carbonyl (C=O) groups excluding carboxylic acids is 2. The molecule has 3 N–H and O–H groups in total. The van der Waals surface area contributed by atoms with Gasteiger partial charge < -0.3 is 20.9 Å². The van der Waals surface area contributed by atoms with Crippen molar-refractivity contribution in [2.45, 2.75) is 33.7 Å². The van der Waals surface area contributed by atoms with Gasteiger partial charge in [-0.3, -0.25) is 9.59 Å². The summed E-state index contributed by atoms with van der Waals surface area (Å²) in [6, 6.07) is -0.355. The summed E-state index contributed by atoms with van der Waals surface area (Å²) in [6.07, 6.45) is 0. The average molecular weight is 389 g/mol. The summed E-state index contributed by atoms with van der Waals surface area (Å²) in [7, 11) is 3.40. The Morgan fingerprint density at radius 2 is 1.93 bits per heavy atom. The van der Waals surface area contributed by atoms with Gasteiger partial charge in [-0.2, -0.15) is 0 Å². The van der Waals surface area contributed by atoms with Gasteiger partial charge in [-0.05, 0) is 19.8 Å². The molecule has 3 heterocycles. The van der Waals surface area contributed by atoms with Crippen molar-refractivity contribution in [2.24, 2.45) is 5.92 Å². The summed E-state index contributed by atoms with van der Waals surface area (Å²) in [4.78, 5) is 39.9. The van der Waals surface area contributed by atoms with E-state index in [0.717, 1.165) is 0 Å². The van der Waals surface area contributed by atoms with Crippen LogP contribution >= 0.6 is 11.3 Å². The third-order valence-corrected chi connectivity index (χ3v) is 5.19. The van der Waals surface area contributed by atoms with Gasteiger partial charge in [-0.25, -0.2) is 15.0 Å².